The van der Waals surface area contributed by atoms with Crippen molar-refractivity contribution in [1.82, 2.24) is 5.32 Å². The zero-order chi connectivity index (χ0) is 12.0. The summed E-state index contributed by atoms with van der Waals surface area (Å²) in [5.74, 6) is 1.75. The molecule has 0 aliphatic rings. The molecule has 0 amide bonds. The molecule has 0 saturated carbocycles. The molecule has 90 valence electrons. The fraction of sp³-hybridized carbons (Fsp3) is 0.538. The van der Waals surface area contributed by atoms with Gasteiger partial charge in [0.05, 0.1) is 0 Å². The molecule has 1 N–H and O–H groups in total. The third kappa shape index (κ3) is 4.36. The molecule has 0 aliphatic carbocycles. The molecule has 0 saturated heterocycles. The summed E-state index contributed by atoms with van der Waals surface area (Å²) in [6.07, 6.45) is 0. The van der Waals surface area contributed by atoms with E-state index >= 15 is 0 Å². The highest BCUT2D eigenvalue weighted by atomic mass is 35.5. The first-order valence-corrected chi connectivity index (χ1v) is 7.12. The Hall–Kier alpha value is -0.180. The summed E-state index contributed by atoms with van der Waals surface area (Å²) in [7, 11) is 0. The number of benzene rings is 1. The predicted octanol–water partition coefficient (Wildman–Crippen LogP) is 4.20. The van der Waals surface area contributed by atoms with E-state index in [9.17, 15) is 0 Å². The van der Waals surface area contributed by atoms with Crippen LogP contribution in [0.25, 0.3) is 0 Å². The first kappa shape index (κ1) is 13.9. The second kappa shape index (κ2) is 7.21. The third-order valence-corrected chi connectivity index (χ3v) is 3.57. The van der Waals surface area contributed by atoms with Gasteiger partial charge in [-0.3, -0.25) is 0 Å². The molecule has 0 aliphatic heterocycles. The van der Waals surface area contributed by atoms with E-state index in [4.69, 9.17) is 11.6 Å². The molecular weight excluding hydrogens is 238 g/mol. The standard InChI is InChI=1S/C13H20ClNS/c1-4-16-13-7-5-6-12(14)11(13)9-15-8-10(2)3/h5-7,10,15H,4,8-9H2,1-3H3. The van der Waals surface area contributed by atoms with Gasteiger partial charge in [-0.2, -0.15) is 0 Å². The summed E-state index contributed by atoms with van der Waals surface area (Å²) in [6.45, 7) is 8.47. The number of nitrogens with one attached hydrogen (secondary N) is 1. The molecular formula is C13H20ClNS. The minimum absolute atomic E-state index is 0.671. The maximum atomic E-state index is 6.23. The van der Waals surface area contributed by atoms with Crippen LogP contribution >= 0.6 is 23.4 Å². The average molecular weight is 258 g/mol. The van der Waals surface area contributed by atoms with Crippen molar-refractivity contribution in [2.45, 2.75) is 32.2 Å². The van der Waals surface area contributed by atoms with Crippen LogP contribution in [-0.4, -0.2) is 12.3 Å². The summed E-state index contributed by atoms with van der Waals surface area (Å²) in [5, 5.41) is 4.31. The van der Waals surface area contributed by atoms with E-state index in [0.717, 1.165) is 23.9 Å². The highest BCUT2D eigenvalue weighted by Crippen LogP contribution is 2.28. The van der Waals surface area contributed by atoms with E-state index in [1.807, 2.05) is 23.9 Å². The highest BCUT2D eigenvalue weighted by Gasteiger charge is 2.06. The molecule has 1 aromatic carbocycles. The van der Waals surface area contributed by atoms with Gasteiger partial charge < -0.3 is 5.32 Å². The molecule has 0 unspecified atom stereocenters. The SMILES string of the molecule is CCSc1cccc(Cl)c1CNCC(C)C. The minimum Gasteiger partial charge on any atom is -0.312 e. The number of thioether (sulfide) groups is 1. The largest absolute Gasteiger partial charge is 0.312 e. The molecule has 0 aromatic heterocycles. The maximum Gasteiger partial charge on any atom is 0.0462 e. The fourth-order valence-electron chi connectivity index (χ4n) is 1.49. The molecule has 16 heavy (non-hydrogen) atoms. The molecule has 3 heteroatoms. The van der Waals surface area contributed by atoms with Gasteiger partial charge in [0.15, 0.2) is 0 Å². The molecule has 0 spiro atoms. The van der Waals surface area contributed by atoms with Crippen molar-refractivity contribution in [3.63, 3.8) is 0 Å². The molecule has 1 rings (SSSR count). The molecule has 1 aromatic rings. The van der Waals surface area contributed by atoms with Crippen LogP contribution in [0.15, 0.2) is 23.1 Å². The molecule has 1 nitrogen and oxygen atoms in total. The summed E-state index contributed by atoms with van der Waals surface area (Å²) in [5.41, 5.74) is 1.23. The van der Waals surface area contributed by atoms with Crippen LogP contribution in [0.3, 0.4) is 0 Å². The Morgan fingerprint density at radius 1 is 1.38 bits per heavy atom. The Balaban J connectivity index is 2.68. The molecule has 0 bridgehead atoms. The number of rotatable bonds is 6. The van der Waals surface area contributed by atoms with Gasteiger partial charge in [-0.1, -0.05) is 38.4 Å². The molecule has 0 radical (unpaired) electrons. The van der Waals surface area contributed by atoms with Crippen molar-refractivity contribution in [2.75, 3.05) is 12.3 Å². The smallest absolute Gasteiger partial charge is 0.0462 e. The zero-order valence-corrected chi connectivity index (χ0v) is 11.8. The van der Waals surface area contributed by atoms with Gasteiger partial charge in [0.1, 0.15) is 0 Å². The highest BCUT2D eigenvalue weighted by molar-refractivity contribution is 7.99. The summed E-state index contributed by atoms with van der Waals surface area (Å²) >= 11 is 8.08. The Kier molecular flexibility index (Phi) is 6.25. The van der Waals surface area contributed by atoms with Crippen molar-refractivity contribution in [2.24, 2.45) is 5.92 Å². The van der Waals surface area contributed by atoms with Crippen molar-refractivity contribution < 1.29 is 0 Å². The number of hydrogen-bond acceptors (Lipinski definition) is 2. The Labute approximate surface area is 108 Å². The normalized spacial score (nSPS) is 11.1. The monoisotopic (exact) mass is 257 g/mol. The minimum atomic E-state index is 0.671. The summed E-state index contributed by atoms with van der Waals surface area (Å²) in [4.78, 5) is 1.30. The van der Waals surface area contributed by atoms with Crippen molar-refractivity contribution in [1.29, 1.82) is 0 Å². The second-order valence-electron chi connectivity index (χ2n) is 4.17. The van der Waals surface area contributed by atoms with Crippen LogP contribution in [0.5, 0.6) is 0 Å². The van der Waals surface area contributed by atoms with Gasteiger partial charge in [0, 0.05) is 16.5 Å². The first-order valence-electron chi connectivity index (χ1n) is 5.76. The van der Waals surface area contributed by atoms with Crippen molar-refractivity contribution >= 4 is 23.4 Å². The van der Waals surface area contributed by atoms with E-state index < -0.39 is 0 Å². The summed E-state index contributed by atoms with van der Waals surface area (Å²) in [6, 6.07) is 6.13. The van der Waals surface area contributed by atoms with Gasteiger partial charge in [-0.05, 0) is 35.9 Å². The first-order chi connectivity index (χ1) is 7.65. The second-order valence-corrected chi connectivity index (χ2v) is 5.89. The van der Waals surface area contributed by atoms with Crippen LogP contribution in [-0.2, 0) is 6.54 Å². The van der Waals surface area contributed by atoms with Gasteiger partial charge in [-0.25, -0.2) is 0 Å². The lowest BCUT2D eigenvalue weighted by atomic mass is 10.2. The molecule has 0 heterocycles. The molecule has 0 atom stereocenters. The topological polar surface area (TPSA) is 12.0 Å². The van der Waals surface area contributed by atoms with Crippen LogP contribution in [0.2, 0.25) is 5.02 Å². The summed E-state index contributed by atoms with van der Waals surface area (Å²) < 4.78 is 0. The van der Waals surface area contributed by atoms with E-state index in [-0.39, 0.29) is 0 Å². The van der Waals surface area contributed by atoms with Gasteiger partial charge >= 0.3 is 0 Å². The van der Waals surface area contributed by atoms with E-state index in [0.29, 0.717) is 5.92 Å². The van der Waals surface area contributed by atoms with E-state index in [1.54, 1.807) is 0 Å². The Bertz CT molecular complexity index is 326. The predicted molar refractivity (Wildman–Crippen MR) is 74.4 cm³/mol. The van der Waals surface area contributed by atoms with Crippen LogP contribution in [0.1, 0.15) is 26.3 Å². The Morgan fingerprint density at radius 2 is 2.12 bits per heavy atom. The van der Waals surface area contributed by atoms with Crippen LogP contribution in [0.4, 0.5) is 0 Å². The Morgan fingerprint density at radius 3 is 2.75 bits per heavy atom. The van der Waals surface area contributed by atoms with Gasteiger partial charge in [0.2, 0.25) is 0 Å². The van der Waals surface area contributed by atoms with Crippen molar-refractivity contribution in [3.05, 3.63) is 28.8 Å². The lowest BCUT2D eigenvalue weighted by Gasteiger charge is -2.12. The van der Waals surface area contributed by atoms with Gasteiger partial charge in [-0.15, -0.1) is 11.8 Å². The van der Waals surface area contributed by atoms with Gasteiger partial charge in [0.25, 0.3) is 0 Å². The van der Waals surface area contributed by atoms with Crippen LogP contribution in [0, 0.1) is 5.92 Å². The van der Waals surface area contributed by atoms with Crippen LogP contribution < -0.4 is 5.32 Å². The zero-order valence-electron chi connectivity index (χ0n) is 10.2. The quantitative estimate of drug-likeness (QED) is 0.767. The lowest BCUT2D eigenvalue weighted by molar-refractivity contribution is 0.550. The van der Waals surface area contributed by atoms with E-state index in [1.165, 1.54) is 10.5 Å². The third-order valence-electron chi connectivity index (χ3n) is 2.23. The number of halogens is 1. The average Bonchev–Trinajstić information content (AvgIpc) is 2.22. The number of hydrogen-bond donors (Lipinski definition) is 1. The maximum absolute atomic E-state index is 6.23. The lowest BCUT2D eigenvalue weighted by Crippen LogP contribution is -2.19. The van der Waals surface area contributed by atoms with Crippen molar-refractivity contribution in [3.8, 4) is 0 Å². The van der Waals surface area contributed by atoms with E-state index in [2.05, 4.69) is 32.2 Å². The fourth-order valence-corrected chi connectivity index (χ4v) is 2.63. The molecule has 0 fully saturated rings.